The maximum absolute atomic E-state index is 11.2. The summed E-state index contributed by atoms with van der Waals surface area (Å²) in [6.45, 7) is 1.65. The average molecular weight is 153 g/mol. The summed E-state index contributed by atoms with van der Waals surface area (Å²) < 4.78 is 1.66. The predicted octanol–water partition coefficient (Wildman–Crippen LogP) is -0.0500. The van der Waals surface area contributed by atoms with E-state index in [0.29, 0.717) is 5.82 Å². The summed E-state index contributed by atoms with van der Waals surface area (Å²) in [7, 11) is 1.77. The van der Waals surface area contributed by atoms with Crippen LogP contribution in [0.5, 0.6) is 0 Å². The van der Waals surface area contributed by atoms with E-state index in [9.17, 15) is 4.79 Å². The normalized spacial score (nSPS) is 13.0. The molecule has 4 heteroatoms. The fraction of sp³-hybridized carbons (Fsp3) is 0.429. The van der Waals surface area contributed by atoms with Crippen molar-refractivity contribution in [1.82, 2.24) is 9.55 Å². The number of aromatic nitrogens is 2. The summed E-state index contributed by atoms with van der Waals surface area (Å²) in [5.41, 5.74) is 5.39. The minimum Gasteiger partial charge on any atom is -0.332 e. The maximum Gasteiger partial charge on any atom is 0.214 e. The van der Waals surface area contributed by atoms with E-state index in [0.717, 1.165) is 0 Å². The monoisotopic (exact) mass is 153 g/mol. The highest BCUT2D eigenvalue weighted by Gasteiger charge is 2.14. The first-order chi connectivity index (χ1) is 5.13. The van der Waals surface area contributed by atoms with Gasteiger partial charge >= 0.3 is 0 Å². The van der Waals surface area contributed by atoms with Gasteiger partial charge in [-0.3, -0.25) is 4.79 Å². The molecule has 1 aromatic heterocycles. The molecular formula is C7H11N3O. The van der Waals surface area contributed by atoms with Crippen molar-refractivity contribution in [1.29, 1.82) is 0 Å². The Labute approximate surface area is 65.0 Å². The molecule has 0 saturated heterocycles. The second kappa shape index (κ2) is 2.84. The number of hydrogen-bond acceptors (Lipinski definition) is 3. The number of nitrogens with two attached hydrogens (primary N) is 1. The number of imidazole rings is 1. The Hall–Kier alpha value is -1.16. The molecule has 2 N–H and O–H groups in total. The first-order valence-electron chi connectivity index (χ1n) is 3.40. The van der Waals surface area contributed by atoms with Crippen molar-refractivity contribution in [3.05, 3.63) is 18.2 Å². The van der Waals surface area contributed by atoms with Crippen LogP contribution in [0.25, 0.3) is 0 Å². The third kappa shape index (κ3) is 1.46. The van der Waals surface area contributed by atoms with E-state index in [1.165, 1.54) is 0 Å². The molecule has 0 aromatic carbocycles. The van der Waals surface area contributed by atoms with Crippen LogP contribution in [-0.4, -0.2) is 21.4 Å². The molecule has 0 saturated carbocycles. The molecule has 0 aliphatic heterocycles. The standard InChI is InChI=1S/C7H11N3O/c1-5(8)6(11)7-9-3-4-10(7)2/h3-5H,8H2,1-2H3/t5-/m0/s1. The third-order valence-corrected chi connectivity index (χ3v) is 1.46. The summed E-state index contributed by atoms with van der Waals surface area (Å²) in [6.07, 6.45) is 3.30. The van der Waals surface area contributed by atoms with E-state index in [-0.39, 0.29) is 5.78 Å². The molecule has 60 valence electrons. The van der Waals surface area contributed by atoms with Gasteiger partial charge in [0.25, 0.3) is 0 Å². The molecule has 1 atom stereocenters. The van der Waals surface area contributed by atoms with Crippen LogP contribution in [0.3, 0.4) is 0 Å². The van der Waals surface area contributed by atoms with Gasteiger partial charge in [-0.05, 0) is 6.92 Å². The predicted molar refractivity (Wildman–Crippen MR) is 41.2 cm³/mol. The van der Waals surface area contributed by atoms with Crippen molar-refractivity contribution >= 4 is 5.78 Å². The topological polar surface area (TPSA) is 60.9 Å². The second-order valence-corrected chi connectivity index (χ2v) is 2.51. The van der Waals surface area contributed by atoms with Gasteiger partial charge in [-0.1, -0.05) is 0 Å². The van der Waals surface area contributed by atoms with Gasteiger partial charge < -0.3 is 10.3 Å². The van der Waals surface area contributed by atoms with Gasteiger partial charge in [0.2, 0.25) is 5.78 Å². The fourth-order valence-corrected chi connectivity index (χ4v) is 0.807. The number of ketones is 1. The Morgan fingerprint density at radius 3 is 2.82 bits per heavy atom. The molecule has 1 aromatic rings. The van der Waals surface area contributed by atoms with Crippen molar-refractivity contribution in [2.45, 2.75) is 13.0 Å². The van der Waals surface area contributed by atoms with Crippen LogP contribution in [0.15, 0.2) is 12.4 Å². The van der Waals surface area contributed by atoms with Crippen LogP contribution < -0.4 is 5.73 Å². The molecule has 0 radical (unpaired) electrons. The summed E-state index contributed by atoms with van der Waals surface area (Å²) in [5.74, 6) is 0.289. The molecule has 1 heterocycles. The van der Waals surface area contributed by atoms with E-state index in [1.807, 2.05) is 0 Å². The molecule has 0 amide bonds. The minimum absolute atomic E-state index is 0.127. The van der Waals surface area contributed by atoms with Gasteiger partial charge in [-0.2, -0.15) is 0 Å². The SMILES string of the molecule is C[C@H](N)C(=O)c1nccn1C. The van der Waals surface area contributed by atoms with Crippen molar-refractivity contribution in [2.75, 3.05) is 0 Å². The van der Waals surface area contributed by atoms with E-state index in [4.69, 9.17) is 5.73 Å². The Balaban J connectivity index is 2.93. The Kier molecular flexibility index (Phi) is 2.05. The average Bonchev–Trinajstić information content (AvgIpc) is 2.33. The van der Waals surface area contributed by atoms with Crippen molar-refractivity contribution in [3.63, 3.8) is 0 Å². The summed E-state index contributed by atoms with van der Waals surface area (Å²) in [6, 6.07) is -0.476. The lowest BCUT2D eigenvalue weighted by Crippen LogP contribution is -2.28. The number of carbonyl (C=O) groups excluding carboxylic acids is 1. The third-order valence-electron chi connectivity index (χ3n) is 1.46. The Morgan fingerprint density at radius 1 is 1.82 bits per heavy atom. The number of Topliss-reactive ketones (excluding diaryl/α,β-unsaturated/α-hetero) is 1. The maximum atomic E-state index is 11.2. The number of rotatable bonds is 2. The lowest BCUT2D eigenvalue weighted by molar-refractivity contribution is 0.0955. The molecular weight excluding hydrogens is 142 g/mol. The van der Waals surface area contributed by atoms with E-state index >= 15 is 0 Å². The van der Waals surface area contributed by atoms with Crippen LogP contribution >= 0.6 is 0 Å². The number of aryl methyl sites for hydroxylation is 1. The van der Waals surface area contributed by atoms with Gasteiger partial charge in [0, 0.05) is 19.4 Å². The number of hydrogen-bond donors (Lipinski definition) is 1. The zero-order chi connectivity index (χ0) is 8.43. The first kappa shape index (κ1) is 7.94. The molecule has 0 aliphatic carbocycles. The van der Waals surface area contributed by atoms with Crippen LogP contribution in [0.2, 0.25) is 0 Å². The molecule has 0 aliphatic rings. The number of nitrogens with zero attached hydrogens (tertiary/aromatic N) is 2. The smallest absolute Gasteiger partial charge is 0.214 e. The molecule has 0 bridgehead atoms. The highest BCUT2D eigenvalue weighted by Crippen LogP contribution is 1.97. The largest absolute Gasteiger partial charge is 0.332 e. The molecule has 0 spiro atoms. The van der Waals surface area contributed by atoms with Gasteiger partial charge in [-0.25, -0.2) is 4.98 Å². The summed E-state index contributed by atoms with van der Waals surface area (Å²) in [5, 5.41) is 0. The van der Waals surface area contributed by atoms with Gasteiger partial charge in [-0.15, -0.1) is 0 Å². The number of carbonyl (C=O) groups is 1. The van der Waals surface area contributed by atoms with Gasteiger partial charge in [0.1, 0.15) is 0 Å². The fourth-order valence-electron chi connectivity index (χ4n) is 0.807. The summed E-state index contributed by atoms with van der Waals surface area (Å²) >= 11 is 0. The van der Waals surface area contributed by atoms with Crippen molar-refractivity contribution < 1.29 is 4.79 Å². The first-order valence-corrected chi connectivity index (χ1v) is 3.40. The zero-order valence-corrected chi connectivity index (χ0v) is 6.61. The molecule has 0 unspecified atom stereocenters. The van der Waals surface area contributed by atoms with Crippen molar-refractivity contribution in [3.8, 4) is 0 Å². The molecule has 4 nitrogen and oxygen atoms in total. The Bertz CT molecular complexity index is 264. The Morgan fingerprint density at radius 2 is 2.45 bits per heavy atom. The second-order valence-electron chi connectivity index (χ2n) is 2.51. The highest BCUT2D eigenvalue weighted by molar-refractivity contribution is 5.96. The molecule has 1 rings (SSSR count). The summed E-state index contributed by atoms with van der Waals surface area (Å²) in [4.78, 5) is 15.1. The van der Waals surface area contributed by atoms with Crippen LogP contribution in [0, 0.1) is 0 Å². The lowest BCUT2D eigenvalue weighted by Gasteiger charge is -2.02. The van der Waals surface area contributed by atoms with Gasteiger partial charge in [0.15, 0.2) is 5.82 Å². The quantitative estimate of drug-likeness (QED) is 0.606. The minimum atomic E-state index is -0.476. The van der Waals surface area contributed by atoms with Gasteiger partial charge in [0.05, 0.1) is 6.04 Å². The van der Waals surface area contributed by atoms with E-state index in [1.54, 1.807) is 30.9 Å². The van der Waals surface area contributed by atoms with Crippen LogP contribution in [0.4, 0.5) is 0 Å². The lowest BCUT2D eigenvalue weighted by atomic mass is 10.2. The zero-order valence-electron chi connectivity index (χ0n) is 6.61. The molecule has 11 heavy (non-hydrogen) atoms. The highest BCUT2D eigenvalue weighted by atomic mass is 16.1. The van der Waals surface area contributed by atoms with E-state index < -0.39 is 6.04 Å². The van der Waals surface area contributed by atoms with Crippen molar-refractivity contribution in [2.24, 2.45) is 12.8 Å². The van der Waals surface area contributed by atoms with Crippen LogP contribution in [-0.2, 0) is 7.05 Å². The van der Waals surface area contributed by atoms with Crippen LogP contribution in [0.1, 0.15) is 17.5 Å². The van der Waals surface area contributed by atoms with E-state index in [2.05, 4.69) is 4.98 Å². The molecule has 0 fully saturated rings.